The normalized spacial score (nSPS) is 13.5. The maximum Gasteiger partial charge on any atom is 0.203 e. The molecule has 0 atom stereocenters. The minimum atomic E-state index is -2.97. The fourth-order valence-electron chi connectivity index (χ4n) is 21.1. The molecular weight excluding hydrogens is 1510 g/mol. The van der Waals surface area contributed by atoms with Crippen molar-refractivity contribution in [2.24, 2.45) is 0 Å². The fourth-order valence-corrected chi connectivity index (χ4v) is 31.1. The highest BCUT2D eigenvalue weighted by molar-refractivity contribution is 7.22. The van der Waals surface area contributed by atoms with Crippen molar-refractivity contribution < 1.29 is 0 Å². The molecule has 2 aliphatic heterocycles. The zero-order chi connectivity index (χ0) is 80.8. The predicted octanol–water partition coefficient (Wildman–Crippen LogP) is 21.9. The van der Waals surface area contributed by atoms with E-state index < -0.39 is 16.1 Å². The van der Waals surface area contributed by atoms with Gasteiger partial charge in [0.15, 0.2) is 11.6 Å². The van der Waals surface area contributed by atoms with E-state index in [1.54, 1.807) is 0 Å². The number of hydrogen-bond donors (Lipinski definition) is 0. The molecule has 7 nitrogen and oxygen atoms in total. The standard InChI is InChI=1S/C58H38N4Si.C55H39N3Si/c1-5-21-39(22-6-1)57-59-56(55-46-32-16-20-36-54(46)63(58(55)60-57,41-25-9-3-10-26-41)42-27-11-4-12-28-42)45-31-15-19-35-51(45)62-50-34-18-14-30-44(50)48-37-47-43-29-13-17-33-49(43)61(52(47)38-53(48)62)40-23-7-2-8-24-40;1-55(2)45-30-16-12-26-39(45)43-34-44-40-27-13-17-31-47(40)58(49(44)35-46(43)55)48-32-18-14-28-41(48)52-51-42-29-15-19-33-50(42)59(37-22-8-4-9-23-37,38-24-10-5-11-25-38)54(51)57-53(56-52)36-20-6-3-7-21-36/h1-38H;3-35H,1-2H3. The summed E-state index contributed by atoms with van der Waals surface area (Å²) in [5, 5.41) is 17.6. The van der Waals surface area contributed by atoms with Gasteiger partial charge in [0.1, 0.15) is 0 Å². The van der Waals surface area contributed by atoms with Gasteiger partial charge in [0.05, 0.1) is 66.5 Å². The highest BCUT2D eigenvalue weighted by Gasteiger charge is 2.54. The molecule has 0 saturated heterocycles. The summed E-state index contributed by atoms with van der Waals surface area (Å²) in [7, 11) is -5.91. The molecule has 0 unspecified atom stereocenters. The molecule has 3 aliphatic rings. The number of para-hydroxylation sites is 6. The lowest BCUT2D eigenvalue weighted by Gasteiger charge is -2.30. The molecule has 0 fully saturated rings. The number of rotatable bonds is 11. The highest BCUT2D eigenvalue weighted by atomic mass is 28.3. The second kappa shape index (κ2) is 27.9. The van der Waals surface area contributed by atoms with Gasteiger partial charge in [-0.2, -0.15) is 0 Å². The number of aromatic nitrogens is 7. The van der Waals surface area contributed by atoms with Crippen molar-refractivity contribution in [2.45, 2.75) is 19.3 Å². The van der Waals surface area contributed by atoms with Gasteiger partial charge in [0.25, 0.3) is 0 Å². The molecule has 22 aromatic rings. The van der Waals surface area contributed by atoms with Crippen LogP contribution in [0.25, 0.3) is 161 Å². The minimum Gasteiger partial charge on any atom is -0.309 e. The first kappa shape index (κ1) is 70.9. The lowest BCUT2D eigenvalue weighted by molar-refractivity contribution is 0.661. The van der Waals surface area contributed by atoms with Crippen molar-refractivity contribution in [2.75, 3.05) is 0 Å². The second-order valence-corrected chi connectivity index (χ2v) is 40.3. The van der Waals surface area contributed by atoms with E-state index in [9.17, 15) is 0 Å². The van der Waals surface area contributed by atoms with Crippen LogP contribution in [0.1, 0.15) is 25.0 Å². The number of fused-ring (bicyclic) bond motifs is 18. The molecule has 0 radical (unpaired) electrons. The van der Waals surface area contributed by atoms with Crippen molar-refractivity contribution in [3.05, 3.63) is 442 Å². The molecule has 17 aromatic carbocycles. The zero-order valence-corrected chi connectivity index (χ0v) is 69.1. The van der Waals surface area contributed by atoms with Crippen molar-refractivity contribution in [3.8, 4) is 95.7 Å². The van der Waals surface area contributed by atoms with Crippen LogP contribution in [0, 0.1) is 0 Å². The van der Waals surface area contributed by atoms with Crippen LogP contribution in [0.5, 0.6) is 0 Å². The molecule has 0 saturated carbocycles. The van der Waals surface area contributed by atoms with E-state index in [1.807, 2.05) is 0 Å². The average Bonchev–Trinajstić information content (AvgIpc) is 1.53. The van der Waals surface area contributed by atoms with Crippen LogP contribution in [0.15, 0.2) is 431 Å². The summed E-state index contributed by atoms with van der Waals surface area (Å²) in [4.78, 5) is 22.9. The Morgan fingerprint density at radius 1 is 0.230 bits per heavy atom. The Balaban J connectivity index is 0.000000138. The molecule has 0 bridgehead atoms. The number of nitrogens with zero attached hydrogens (tertiary/aromatic N) is 7. The first-order valence-electron chi connectivity index (χ1n) is 42.1. The van der Waals surface area contributed by atoms with Crippen molar-refractivity contribution >= 4 is 123 Å². The Labute approximate surface area is 708 Å². The molecule has 1 aliphatic carbocycles. The van der Waals surface area contributed by atoms with Gasteiger partial charge in [-0.3, -0.25) is 0 Å². The third-order valence-corrected chi connectivity index (χ3v) is 35.7. The number of hydrogen-bond acceptors (Lipinski definition) is 4. The van der Waals surface area contributed by atoms with Crippen LogP contribution in [0.4, 0.5) is 0 Å². The summed E-state index contributed by atoms with van der Waals surface area (Å²) >= 11 is 0. The third-order valence-electron chi connectivity index (χ3n) is 26.3. The summed E-state index contributed by atoms with van der Waals surface area (Å²) in [5.74, 6) is 1.47. The molecule has 0 amide bonds. The Kier molecular flexibility index (Phi) is 16.2. The monoisotopic (exact) mass is 1590 g/mol. The molecule has 25 rings (SSSR count). The Morgan fingerprint density at radius 2 is 0.557 bits per heavy atom. The van der Waals surface area contributed by atoms with Gasteiger partial charge in [-0.25, -0.2) is 19.9 Å². The Bertz CT molecular complexity index is 7880. The average molecular weight is 1590 g/mol. The van der Waals surface area contributed by atoms with Crippen LogP contribution in [0.2, 0.25) is 0 Å². The lowest BCUT2D eigenvalue weighted by Crippen LogP contribution is -2.73. The summed E-state index contributed by atoms with van der Waals surface area (Å²) in [5.41, 5.74) is 26.3. The Hall–Kier alpha value is -15.3. The summed E-state index contributed by atoms with van der Waals surface area (Å²) in [6.07, 6.45) is 0. The van der Waals surface area contributed by atoms with Gasteiger partial charge in [0.2, 0.25) is 16.1 Å². The molecular formula is C113H77N7Si2. The van der Waals surface area contributed by atoms with E-state index in [2.05, 4.69) is 458 Å². The largest absolute Gasteiger partial charge is 0.309 e. The highest BCUT2D eigenvalue weighted by Crippen LogP contribution is 2.53. The fraction of sp³-hybridized carbons (Fsp3) is 0.0265. The molecule has 0 spiro atoms. The van der Waals surface area contributed by atoms with E-state index in [0.29, 0.717) is 0 Å². The van der Waals surface area contributed by atoms with Crippen LogP contribution in [-0.2, 0) is 5.41 Å². The van der Waals surface area contributed by atoms with Gasteiger partial charge < -0.3 is 13.7 Å². The summed E-state index contributed by atoms with van der Waals surface area (Å²) in [6, 6.07) is 157. The Morgan fingerprint density at radius 3 is 1.00 bits per heavy atom. The molecule has 5 aromatic heterocycles. The smallest absolute Gasteiger partial charge is 0.203 e. The molecule has 9 heteroatoms. The zero-order valence-electron chi connectivity index (χ0n) is 67.1. The molecule has 0 N–H and O–H groups in total. The van der Waals surface area contributed by atoms with Gasteiger partial charge in [-0.1, -0.05) is 378 Å². The van der Waals surface area contributed by atoms with Crippen LogP contribution < -0.4 is 41.8 Å². The second-order valence-electron chi connectivity index (χ2n) is 32.9. The van der Waals surface area contributed by atoms with Gasteiger partial charge in [0, 0.05) is 76.8 Å². The van der Waals surface area contributed by atoms with E-state index in [-0.39, 0.29) is 5.41 Å². The maximum atomic E-state index is 5.76. The molecule has 572 valence electrons. The quantitative estimate of drug-likeness (QED) is 0.121. The van der Waals surface area contributed by atoms with Crippen molar-refractivity contribution in [1.82, 2.24) is 33.6 Å². The topological polar surface area (TPSA) is 66.3 Å². The van der Waals surface area contributed by atoms with E-state index in [4.69, 9.17) is 19.9 Å². The molecule has 7 heterocycles. The van der Waals surface area contributed by atoms with Crippen LogP contribution >= 0.6 is 0 Å². The summed E-state index contributed by atoms with van der Waals surface area (Å²) < 4.78 is 7.38. The van der Waals surface area contributed by atoms with E-state index >= 15 is 0 Å². The van der Waals surface area contributed by atoms with Crippen molar-refractivity contribution in [1.29, 1.82) is 0 Å². The van der Waals surface area contributed by atoms with Gasteiger partial charge in [-0.05, 0) is 131 Å². The predicted molar refractivity (Wildman–Crippen MR) is 512 cm³/mol. The minimum absolute atomic E-state index is 0.133. The molecule has 122 heavy (non-hydrogen) atoms. The van der Waals surface area contributed by atoms with Crippen molar-refractivity contribution in [3.63, 3.8) is 0 Å². The first-order valence-corrected chi connectivity index (χ1v) is 46.1. The SMILES string of the molecule is CC1(C)c2ccccc2-c2cc3c4ccccc4n(-c4ccccc4-c4nc(-c5ccccc5)nc5c4-c4ccccc4[Si]5(c4ccccc4)c4ccccc4)c3cc21.c1ccc(-c2nc(-c3ccccc3-n3c4ccccc4c4cc5c6ccccc6n(-c6ccccc6)c5cc43)c3c(n2)[Si](c2ccccc2)(c2ccccc2)c2ccccc2-3)cc1. The van der Waals surface area contributed by atoms with Gasteiger partial charge >= 0.3 is 0 Å². The van der Waals surface area contributed by atoms with Gasteiger partial charge in [-0.15, -0.1) is 0 Å². The summed E-state index contributed by atoms with van der Waals surface area (Å²) in [6.45, 7) is 4.74. The number of benzene rings is 17. The van der Waals surface area contributed by atoms with E-state index in [0.717, 1.165) is 95.1 Å². The lowest BCUT2D eigenvalue weighted by atomic mass is 9.82. The first-order chi connectivity index (χ1) is 60.3. The maximum absolute atomic E-state index is 5.76. The van der Waals surface area contributed by atoms with Crippen LogP contribution in [0.3, 0.4) is 0 Å². The van der Waals surface area contributed by atoms with Crippen LogP contribution in [-0.4, -0.2) is 49.8 Å². The third kappa shape index (κ3) is 10.4. The van der Waals surface area contributed by atoms with E-state index in [1.165, 1.54) is 119 Å².